The second kappa shape index (κ2) is 8.01. The van der Waals surface area contributed by atoms with Crippen LogP contribution in [0.5, 0.6) is 0 Å². The Balaban J connectivity index is 3.61. The molecule has 78 valence electrons. The van der Waals surface area contributed by atoms with E-state index < -0.39 is 5.97 Å². The maximum absolute atomic E-state index is 10.7. The van der Waals surface area contributed by atoms with Crippen molar-refractivity contribution >= 4 is 5.97 Å². The Morgan fingerprint density at radius 1 is 1.46 bits per heavy atom. The Kier molecular flexibility index (Phi) is 7.63. The molecule has 3 N–H and O–H groups in total. The predicted octanol–water partition coefficient (Wildman–Crippen LogP) is 0.853. The van der Waals surface area contributed by atoms with Crippen LogP contribution in [0.3, 0.4) is 0 Å². The Bertz CT molecular complexity index is 139. The fraction of sp³-hybridized carbons (Fsp3) is 0.889. The smallest absolute Gasteiger partial charge is 0.306 e. The third-order valence-electron chi connectivity index (χ3n) is 2.01. The van der Waals surface area contributed by atoms with Gasteiger partial charge >= 0.3 is 5.97 Å². The fourth-order valence-corrected chi connectivity index (χ4v) is 1.23. The molecular weight excluding hydrogens is 170 g/mol. The molecule has 0 aromatic heterocycles. The lowest BCUT2D eigenvalue weighted by Gasteiger charge is -2.10. The van der Waals surface area contributed by atoms with Gasteiger partial charge in [0.25, 0.3) is 0 Å². The zero-order valence-electron chi connectivity index (χ0n) is 8.16. The zero-order valence-corrected chi connectivity index (χ0v) is 8.16. The van der Waals surface area contributed by atoms with E-state index in [1.54, 1.807) is 7.11 Å². The van der Waals surface area contributed by atoms with Crippen molar-refractivity contribution in [2.24, 2.45) is 11.7 Å². The van der Waals surface area contributed by atoms with E-state index in [2.05, 4.69) is 0 Å². The summed E-state index contributed by atoms with van der Waals surface area (Å²) in [6, 6.07) is 0. The van der Waals surface area contributed by atoms with Crippen LogP contribution in [0.2, 0.25) is 0 Å². The summed E-state index contributed by atoms with van der Waals surface area (Å²) < 4.78 is 4.86. The molecule has 0 aliphatic rings. The Hall–Kier alpha value is -0.610. The molecule has 0 saturated heterocycles. The van der Waals surface area contributed by atoms with Gasteiger partial charge in [0, 0.05) is 13.7 Å². The van der Waals surface area contributed by atoms with E-state index in [4.69, 9.17) is 15.6 Å². The van der Waals surface area contributed by atoms with Crippen molar-refractivity contribution < 1.29 is 14.6 Å². The standard InChI is InChI=1S/C9H19NO3/c1-13-7-3-5-8(9(11)12)4-2-6-10/h8H,2-7,10H2,1H3,(H,11,12). The molecule has 1 atom stereocenters. The van der Waals surface area contributed by atoms with Gasteiger partial charge in [-0.05, 0) is 32.2 Å². The quantitative estimate of drug-likeness (QED) is 0.555. The molecule has 0 aromatic carbocycles. The molecule has 0 heterocycles. The molecule has 13 heavy (non-hydrogen) atoms. The van der Waals surface area contributed by atoms with Crippen LogP contribution in [0.15, 0.2) is 0 Å². The van der Waals surface area contributed by atoms with Crippen LogP contribution < -0.4 is 5.73 Å². The van der Waals surface area contributed by atoms with Crippen LogP contribution >= 0.6 is 0 Å². The summed E-state index contributed by atoms with van der Waals surface area (Å²) in [6.07, 6.45) is 2.95. The number of carbonyl (C=O) groups is 1. The van der Waals surface area contributed by atoms with Crippen LogP contribution in [0, 0.1) is 5.92 Å². The highest BCUT2D eigenvalue weighted by atomic mass is 16.5. The second-order valence-electron chi connectivity index (χ2n) is 3.10. The zero-order chi connectivity index (χ0) is 10.1. The highest BCUT2D eigenvalue weighted by Gasteiger charge is 2.15. The first-order valence-corrected chi connectivity index (χ1v) is 4.64. The molecule has 0 bridgehead atoms. The lowest BCUT2D eigenvalue weighted by molar-refractivity contribution is -0.142. The first kappa shape index (κ1) is 12.4. The number of carboxylic acids is 1. The number of carboxylic acid groups (broad SMARTS) is 1. The fourth-order valence-electron chi connectivity index (χ4n) is 1.23. The van der Waals surface area contributed by atoms with Crippen molar-refractivity contribution in [3.05, 3.63) is 0 Å². The third-order valence-corrected chi connectivity index (χ3v) is 2.01. The summed E-state index contributed by atoms with van der Waals surface area (Å²) in [7, 11) is 1.62. The molecule has 0 saturated carbocycles. The molecule has 0 fully saturated rings. The minimum Gasteiger partial charge on any atom is -0.481 e. The van der Waals surface area contributed by atoms with Crippen LogP contribution in [0.4, 0.5) is 0 Å². The highest BCUT2D eigenvalue weighted by molar-refractivity contribution is 5.69. The first-order valence-electron chi connectivity index (χ1n) is 4.64. The van der Waals surface area contributed by atoms with Crippen molar-refractivity contribution in [3.8, 4) is 0 Å². The van der Waals surface area contributed by atoms with Gasteiger partial charge in [-0.1, -0.05) is 0 Å². The van der Waals surface area contributed by atoms with E-state index in [1.807, 2.05) is 0 Å². The Labute approximate surface area is 79.1 Å². The molecule has 0 aromatic rings. The van der Waals surface area contributed by atoms with Crippen LogP contribution in [-0.2, 0) is 9.53 Å². The van der Waals surface area contributed by atoms with Gasteiger partial charge in [-0.25, -0.2) is 0 Å². The number of aliphatic carboxylic acids is 1. The number of hydrogen-bond donors (Lipinski definition) is 2. The van der Waals surface area contributed by atoms with Crippen molar-refractivity contribution in [1.82, 2.24) is 0 Å². The lowest BCUT2D eigenvalue weighted by Crippen LogP contribution is -2.16. The van der Waals surface area contributed by atoms with Crippen molar-refractivity contribution in [3.63, 3.8) is 0 Å². The summed E-state index contributed by atoms with van der Waals surface area (Å²) in [6.45, 7) is 1.19. The summed E-state index contributed by atoms with van der Waals surface area (Å²) in [5.74, 6) is -0.969. The molecular formula is C9H19NO3. The molecule has 0 radical (unpaired) electrons. The highest BCUT2D eigenvalue weighted by Crippen LogP contribution is 2.13. The number of nitrogens with two attached hydrogens (primary N) is 1. The first-order chi connectivity index (χ1) is 6.22. The number of hydrogen-bond acceptors (Lipinski definition) is 3. The summed E-state index contributed by atoms with van der Waals surface area (Å²) in [5, 5.41) is 8.82. The topological polar surface area (TPSA) is 72.5 Å². The van der Waals surface area contributed by atoms with Gasteiger partial charge in [0.15, 0.2) is 0 Å². The Morgan fingerprint density at radius 2 is 2.08 bits per heavy atom. The minimum atomic E-state index is -0.718. The normalized spacial score (nSPS) is 12.8. The lowest BCUT2D eigenvalue weighted by atomic mass is 9.98. The SMILES string of the molecule is COCCCC(CCCN)C(=O)O. The molecule has 0 rings (SSSR count). The molecule has 0 amide bonds. The minimum absolute atomic E-state index is 0.251. The molecule has 0 spiro atoms. The van der Waals surface area contributed by atoms with Crippen LogP contribution in [0.1, 0.15) is 25.7 Å². The third kappa shape index (κ3) is 6.54. The van der Waals surface area contributed by atoms with Gasteiger partial charge in [0.05, 0.1) is 5.92 Å². The predicted molar refractivity (Wildman–Crippen MR) is 50.5 cm³/mol. The van der Waals surface area contributed by atoms with Gasteiger partial charge < -0.3 is 15.6 Å². The van der Waals surface area contributed by atoms with Crippen molar-refractivity contribution in [2.45, 2.75) is 25.7 Å². The molecule has 1 unspecified atom stereocenters. The monoisotopic (exact) mass is 189 g/mol. The van der Waals surface area contributed by atoms with Crippen molar-refractivity contribution in [2.75, 3.05) is 20.3 Å². The van der Waals surface area contributed by atoms with Gasteiger partial charge in [-0.3, -0.25) is 4.79 Å². The van der Waals surface area contributed by atoms with Crippen LogP contribution in [-0.4, -0.2) is 31.3 Å². The molecule has 4 nitrogen and oxygen atoms in total. The summed E-state index contributed by atoms with van der Waals surface area (Å²) >= 11 is 0. The average molecular weight is 189 g/mol. The molecule has 0 aliphatic carbocycles. The van der Waals surface area contributed by atoms with Gasteiger partial charge in [0.2, 0.25) is 0 Å². The van der Waals surface area contributed by atoms with E-state index in [0.29, 0.717) is 26.0 Å². The van der Waals surface area contributed by atoms with Gasteiger partial charge in [-0.15, -0.1) is 0 Å². The number of rotatable bonds is 8. The number of methoxy groups -OCH3 is 1. The van der Waals surface area contributed by atoms with E-state index in [9.17, 15) is 4.79 Å². The van der Waals surface area contributed by atoms with Crippen molar-refractivity contribution in [1.29, 1.82) is 0 Å². The van der Waals surface area contributed by atoms with E-state index in [1.165, 1.54) is 0 Å². The maximum Gasteiger partial charge on any atom is 0.306 e. The second-order valence-corrected chi connectivity index (χ2v) is 3.10. The van der Waals surface area contributed by atoms with E-state index >= 15 is 0 Å². The Morgan fingerprint density at radius 3 is 2.54 bits per heavy atom. The van der Waals surface area contributed by atoms with Crippen LogP contribution in [0.25, 0.3) is 0 Å². The van der Waals surface area contributed by atoms with Gasteiger partial charge in [0.1, 0.15) is 0 Å². The average Bonchev–Trinajstić information content (AvgIpc) is 2.10. The molecule has 0 aliphatic heterocycles. The maximum atomic E-state index is 10.7. The van der Waals surface area contributed by atoms with E-state index in [-0.39, 0.29) is 5.92 Å². The van der Waals surface area contributed by atoms with E-state index in [0.717, 1.165) is 12.8 Å². The largest absolute Gasteiger partial charge is 0.481 e. The summed E-state index contributed by atoms with van der Waals surface area (Å²) in [5.41, 5.74) is 5.31. The molecule has 4 heteroatoms. The van der Waals surface area contributed by atoms with Gasteiger partial charge in [-0.2, -0.15) is 0 Å². The summed E-state index contributed by atoms with van der Waals surface area (Å²) in [4.78, 5) is 10.7. The number of ether oxygens (including phenoxy) is 1.